The maximum Gasteiger partial charge on any atom is 0.211 e. The van der Waals surface area contributed by atoms with E-state index in [1.165, 1.54) is 17.4 Å². The van der Waals surface area contributed by atoms with Gasteiger partial charge in [0.15, 0.2) is 0 Å². The van der Waals surface area contributed by atoms with E-state index in [0.717, 1.165) is 25.2 Å². The number of sulfonamides is 1. The van der Waals surface area contributed by atoms with E-state index in [1.807, 2.05) is 0 Å². The van der Waals surface area contributed by atoms with Gasteiger partial charge in [-0.1, -0.05) is 18.2 Å². The van der Waals surface area contributed by atoms with Gasteiger partial charge in [-0.3, -0.25) is 4.90 Å². The lowest BCUT2D eigenvalue weighted by Crippen LogP contribution is -2.47. The van der Waals surface area contributed by atoms with Gasteiger partial charge in [0.25, 0.3) is 0 Å². The van der Waals surface area contributed by atoms with Gasteiger partial charge in [-0.25, -0.2) is 8.42 Å². The molecule has 0 bridgehead atoms. The Hall–Kier alpha value is -0.950. The predicted molar refractivity (Wildman–Crippen MR) is 80.8 cm³/mol. The molecule has 0 radical (unpaired) electrons. The summed E-state index contributed by atoms with van der Waals surface area (Å²) < 4.78 is 24.5. The minimum Gasteiger partial charge on any atom is -0.326 e. The molecule has 2 N–H and O–H groups in total. The van der Waals surface area contributed by atoms with Crippen LogP contribution in [0.15, 0.2) is 18.2 Å². The van der Waals surface area contributed by atoms with Gasteiger partial charge in [-0.05, 0) is 23.6 Å². The minimum absolute atomic E-state index is 0.564. The molecule has 5 nitrogen and oxygen atoms in total. The Labute approximate surface area is 121 Å². The van der Waals surface area contributed by atoms with E-state index in [1.54, 1.807) is 4.31 Å². The van der Waals surface area contributed by atoms with Crippen LogP contribution >= 0.6 is 0 Å². The molecule has 1 heterocycles. The van der Waals surface area contributed by atoms with Gasteiger partial charge in [-0.2, -0.15) is 4.31 Å². The SMILES string of the molecule is Cc1cc(CN)ccc1CN1CCN(S(C)(=O)=O)CC1. The Morgan fingerprint density at radius 2 is 1.85 bits per heavy atom. The molecule has 6 heteroatoms. The van der Waals surface area contributed by atoms with Crippen LogP contribution in [0, 0.1) is 6.92 Å². The van der Waals surface area contributed by atoms with Gasteiger partial charge in [-0.15, -0.1) is 0 Å². The van der Waals surface area contributed by atoms with E-state index < -0.39 is 10.0 Å². The molecule has 1 aliphatic rings. The normalized spacial score (nSPS) is 18.4. The molecular formula is C14H23N3O2S. The number of rotatable bonds is 4. The van der Waals surface area contributed by atoms with Gasteiger partial charge in [0.05, 0.1) is 6.26 Å². The molecule has 0 aliphatic carbocycles. The molecular weight excluding hydrogens is 274 g/mol. The van der Waals surface area contributed by atoms with Crippen molar-refractivity contribution < 1.29 is 8.42 Å². The Kier molecular flexibility index (Phi) is 4.80. The standard InChI is InChI=1S/C14H23N3O2S/c1-12-9-13(10-15)3-4-14(12)11-16-5-7-17(8-6-16)20(2,18)19/h3-4,9H,5-8,10-11,15H2,1-2H3. The molecule has 1 aliphatic heterocycles. The number of benzene rings is 1. The van der Waals surface area contributed by atoms with Gasteiger partial charge in [0.2, 0.25) is 10.0 Å². The Bertz CT molecular complexity index is 564. The zero-order chi connectivity index (χ0) is 14.8. The predicted octanol–water partition coefficient (Wildman–Crippen LogP) is 0.531. The van der Waals surface area contributed by atoms with Gasteiger partial charge in [0, 0.05) is 39.3 Å². The maximum absolute atomic E-state index is 11.5. The largest absolute Gasteiger partial charge is 0.326 e. The highest BCUT2D eigenvalue weighted by Crippen LogP contribution is 2.15. The highest BCUT2D eigenvalue weighted by atomic mass is 32.2. The highest BCUT2D eigenvalue weighted by Gasteiger charge is 2.23. The van der Waals surface area contributed by atoms with Gasteiger partial charge >= 0.3 is 0 Å². The first-order valence-electron chi connectivity index (χ1n) is 6.86. The number of nitrogens with two attached hydrogens (primary N) is 1. The molecule has 0 amide bonds. The molecule has 0 saturated carbocycles. The third kappa shape index (κ3) is 3.79. The molecule has 0 unspecified atom stereocenters. The summed E-state index contributed by atoms with van der Waals surface area (Å²) in [7, 11) is -3.05. The van der Waals surface area contributed by atoms with Crippen LogP contribution in [0.2, 0.25) is 0 Å². The van der Waals surface area contributed by atoms with Crippen molar-refractivity contribution in [3.05, 3.63) is 34.9 Å². The lowest BCUT2D eigenvalue weighted by atomic mass is 10.0. The van der Waals surface area contributed by atoms with E-state index in [9.17, 15) is 8.42 Å². The molecule has 1 saturated heterocycles. The van der Waals surface area contributed by atoms with Crippen molar-refractivity contribution in [1.29, 1.82) is 0 Å². The molecule has 20 heavy (non-hydrogen) atoms. The summed E-state index contributed by atoms with van der Waals surface area (Å²) in [5.41, 5.74) is 9.32. The second-order valence-corrected chi connectivity index (χ2v) is 7.39. The number of nitrogens with zero attached hydrogens (tertiary/aromatic N) is 2. The second-order valence-electron chi connectivity index (χ2n) is 5.40. The summed E-state index contributed by atoms with van der Waals surface area (Å²) >= 11 is 0. The minimum atomic E-state index is -3.05. The first-order chi connectivity index (χ1) is 9.40. The summed E-state index contributed by atoms with van der Waals surface area (Å²) in [6.07, 6.45) is 1.28. The van der Waals surface area contributed by atoms with Crippen molar-refractivity contribution in [2.75, 3.05) is 32.4 Å². The van der Waals surface area contributed by atoms with Crippen LogP contribution in [0.1, 0.15) is 16.7 Å². The van der Waals surface area contributed by atoms with E-state index in [4.69, 9.17) is 5.73 Å². The topological polar surface area (TPSA) is 66.6 Å². The zero-order valence-electron chi connectivity index (χ0n) is 12.2. The molecule has 0 atom stereocenters. The molecule has 1 aromatic rings. The molecule has 1 aromatic carbocycles. The maximum atomic E-state index is 11.5. The van der Waals surface area contributed by atoms with Crippen LogP contribution in [0.25, 0.3) is 0 Å². The second kappa shape index (κ2) is 6.22. The van der Waals surface area contributed by atoms with Gasteiger partial charge < -0.3 is 5.73 Å². The van der Waals surface area contributed by atoms with Crippen molar-refractivity contribution in [3.63, 3.8) is 0 Å². The zero-order valence-corrected chi connectivity index (χ0v) is 13.0. The first kappa shape index (κ1) is 15.4. The van der Waals surface area contributed by atoms with Crippen LogP contribution in [-0.2, 0) is 23.1 Å². The summed E-state index contributed by atoms with van der Waals surface area (Å²) in [4.78, 5) is 2.30. The lowest BCUT2D eigenvalue weighted by Gasteiger charge is -2.33. The van der Waals surface area contributed by atoms with Crippen molar-refractivity contribution >= 4 is 10.0 Å². The lowest BCUT2D eigenvalue weighted by molar-refractivity contribution is 0.182. The van der Waals surface area contributed by atoms with Crippen molar-refractivity contribution in [2.45, 2.75) is 20.0 Å². The van der Waals surface area contributed by atoms with E-state index in [0.29, 0.717) is 19.6 Å². The summed E-state index contributed by atoms with van der Waals surface area (Å²) in [5, 5.41) is 0. The summed E-state index contributed by atoms with van der Waals surface area (Å²) in [6.45, 7) is 6.26. The third-order valence-corrected chi connectivity index (χ3v) is 5.14. The van der Waals surface area contributed by atoms with Crippen LogP contribution in [0.4, 0.5) is 0 Å². The summed E-state index contributed by atoms with van der Waals surface area (Å²) in [6, 6.07) is 6.32. The van der Waals surface area contributed by atoms with E-state index >= 15 is 0 Å². The van der Waals surface area contributed by atoms with Crippen molar-refractivity contribution in [3.8, 4) is 0 Å². The quantitative estimate of drug-likeness (QED) is 0.880. The van der Waals surface area contributed by atoms with Crippen LogP contribution in [-0.4, -0.2) is 50.1 Å². The fourth-order valence-corrected chi connectivity index (χ4v) is 3.35. The first-order valence-corrected chi connectivity index (χ1v) is 8.71. The molecule has 0 spiro atoms. The summed E-state index contributed by atoms with van der Waals surface area (Å²) in [5.74, 6) is 0. The fraction of sp³-hybridized carbons (Fsp3) is 0.571. The number of aryl methyl sites for hydroxylation is 1. The molecule has 112 valence electrons. The van der Waals surface area contributed by atoms with Crippen LogP contribution < -0.4 is 5.73 Å². The monoisotopic (exact) mass is 297 g/mol. The van der Waals surface area contributed by atoms with Crippen molar-refractivity contribution in [1.82, 2.24) is 9.21 Å². The number of piperazine rings is 1. The van der Waals surface area contributed by atoms with Gasteiger partial charge in [0.1, 0.15) is 0 Å². The van der Waals surface area contributed by atoms with Crippen molar-refractivity contribution in [2.24, 2.45) is 5.73 Å². The van der Waals surface area contributed by atoms with Crippen LogP contribution in [0.3, 0.4) is 0 Å². The van der Waals surface area contributed by atoms with Crippen LogP contribution in [0.5, 0.6) is 0 Å². The van der Waals surface area contributed by atoms with E-state index in [-0.39, 0.29) is 0 Å². The average molecular weight is 297 g/mol. The smallest absolute Gasteiger partial charge is 0.211 e. The van der Waals surface area contributed by atoms with E-state index in [2.05, 4.69) is 30.0 Å². The Morgan fingerprint density at radius 3 is 2.35 bits per heavy atom. The highest BCUT2D eigenvalue weighted by molar-refractivity contribution is 7.88. The average Bonchev–Trinajstić information content (AvgIpc) is 2.40. The Morgan fingerprint density at radius 1 is 1.20 bits per heavy atom. The third-order valence-electron chi connectivity index (χ3n) is 3.84. The molecule has 2 rings (SSSR count). The molecule has 0 aromatic heterocycles. The number of hydrogen-bond acceptors (Lipinski definition) is 4. The number of hydrogen-bond donors (Lipinski definition) is 1. The molecule has 1 fully saturated rings. The fourth-order valence-electron chi connectivity index (χ4n) is 2.52. The Balaban J connectivity index is 1.96.